The van der Waals surface area contributed by atoms with Crippen molar-refractivity contribution in [3.63, 3.8) is 0 Å². The molecule has 0 aromatic carbocycles. The van der Waals surface area contributed by atoms with Crippen LogP contribution in [0.2, 0.25) is 0 Å². The highest BCUT2D eigenvalue weighted by atomic mass is 16.2. The lowest BCUT2D eigenvalue weighted by atomic mass is 10.1. The van der Waals surface area contributed by atoms with Crippen molar-refractivity contribution in [3.05, 3.63) is 20.8 Å². The monoisotopic (exact) mass is 346 g/mol. The Bertz CT molecular complexity index is 933. The van der Waals surface area contributed by atoms with Gasteiger partial charge in [0.25, 0.3) is 5.56 Å². The lowest BCUT2D eigenvalue weighted by molar-refractivity contribution is 0.608. The highest BCUT2D eigenvalue weighted by molar-refractivity contribution is 5.87. The van der Waals surface area contributed by atoms with Gasteiger partial charge in [0, 0.05) is 20.6 Å². The molecule has 8 heteroatoms. The number of anilines is 1. The Kier molecular flexibility index (Phi) is 4.78. The number of imidazole rings is 1. The van der Waals surface area contributed by atoms with Gasteiger partial charge in [-0.1, -0.05) is 32.6 Å². The maximum absolute atomic E-state index is 12.6. The highest BCUT2D eigenvalue weighted by Crippen LogP contribution is 2.24. The fourth-order valence-corrected chi connectivity index (χ4v) is 3.31. The van der Waals surface area contributed by atoms with Crippen LogP contribution >= 0.6 is 0 Å². The Morgan fingerprint density at radius 1 is 1.04 bits per heavy atom. The first-order valence-corrected chi connectivity index (χ1v) is 8.93. The number of hydrogen-bond donors (Lipinski definition) is 0. The highest BCUT2D eigenvalue weighted by Gasteiger charge is 2.25. The Morgan fingerprint density at radius 3 is 2.48 bits per heavy atom. The molecule has 0 amide bonds. The minimum Gasteiger partial charge on any atom is -0.297 e. The molecule has 0 saturated carbocycles. The molecule has 0 spiro atoms. The second kappa shape index (κ2) is 6.85. The predicted octanol–water partition coefficient (Wildman–Crippen LogP) is 1.60. The third-order valence-corrected chi connectivity index (χ3v) is 4.71. The van der Waals surface area contributed by atoms with Crippen molar-refractivity contribution in [3.8, 4) is 0 Å². The third-order valence-electron chi connectivity index (χ3n) is 4.71. The largest absolute Gasteiger partial charge is 0.332 e. The summed E-state index contributed by atoms with van der Waals surface area (Å²) in [6, 6.07) is 0. The topological polar surface area (TPSA) is 77.4 Å². The fourth-order valence-electron chi connectivity index (χ4n) is 3.31. The molecule has 0 unspecified atom stereocenters. The van der Waals surface area contributed by atoms with Crippen molar-refractivity contribution >= 4 is 22.8 Å². The molecule has 0 bridgehead atoms. The summed E-state index contributed by atoms with van der Waals surface area (Å²) in [7, 11) is 3.14. The summed E-state index contributed by atoms with van der Waals surface area (Å²) in [5, 5.41) is 6.48. The number of nitrogens with zero attached hydrogens (tertiary/aromatic N) is 6. The summed E-state index contributed by atoms with van der Waals surface area (Å²) in [5.74, 6) is 0.648. The molecule has 3 heterocycles. The van der Waals surface area contributed by atoms with Crippen molar-refractivity contribution in [1.29, 1.82) is 0 Å². The molecule has 2 aromatic rings. The average Bonchev–Trinajstić information content (AvgIpc) is 2.97. The van der Waals surface area contributed by atoms with Crippen LogP contribution in [-0.4, -0.2) is 30.9 Å². The molecule has 8 nitrogen and oxygen atoms in total. The number of rotatable bonds is 6. The Labute approximate surface area is 146 Å². The minimum absolute atomic E-state index is 0.311. The van der Waals surface area contributed by atoms with Gasteiger partial charge in [0.15, 0.2) is 11.2 Å². The van der Waals surface area contributed by atoms with Crippen LogP contribution in [0.25, 0.3) is 11.2 Å². The summed E-state index contributed by atoms with van der Waals surface area (Å²) in [5.41, 5.74) is 1.14. The smallest absolute Gasteiger partial charge is 0.297 e. The first kappa shape index (κ1) is 17.4. The first-order valence-electron chi connectivity index (χ1n) is 8.93. The van der Waals surface area contributed by atoms with Crippen LogP contribution in [0, 0.1) is 0 Å². The van der Waals surface area contributed by atoms with Gasteiger partial charge in [0.1, 0.15) is 0 Å². The Balaban J connectivity index is 2.00. The molecular formula is C17H26N6O2. The summed E-state index contributed by atoms with van der Waals surface area (Å²) >= 11 is 0. The van der Waals surface area contributed by atoms with Crippen LogP contribution in [0.15, 0.2) is 14.7 Å². The van der Waals surface area contributed by atoms with Gasteiger partial charge in [-0.3, -0.25) is 18.5 Å². The standard InChI is InChI=1S/C17H26N6O2/c1-5-6-7-8-9-10-23-16-18-14-13(22(16)11-12(2)19-23)15(24)21(4)17(25)20(14)3/h5-11H2,1-4H3. The van der Waals surface area contributed by atoms with Crippen molar-refractivity contribution in [2.75, 3.05) is 11.6 Å². The van der Waals surface area contributed by atoms with Crippen molar-refractivity contribution < 1.29 is 0 Å². The minimum atomic E-state index is -0.364. The average molecular weight is 346 g/mol. The second-order valence-electron chi connectivity index (χ2n) is 6.75. The quantitative estimate of drug-likeness (QED) is 0.745. The van der Waals surface area contributed by atoms with E-state index in [0.717, 1.165) is 29.7 Å². The maximum atomic E-state index is 12.6. The number of hydrogen-bond acceptors (Lipinski definition) is 5. The van der Waals surface area contributed by atoms with Crippen molar-refractivity contribution in [1.82, 2.24) is 18.7 Å². The normalized spacial score (nSPS) is 14.1. The molecule has 0 saturated heterocycles. The zero-order valence-corrected chi connectivity index (χ0v) is 15.4. The zero-order valence-electron chi connectivity index (χ0n) is 15.4. The molecule has 0 radical (unpaired) electrons. The van der Waals surface area contributed by atoms with Gasteiger partial charge in [-0.2, -0.15) is 10.1 Å². The number of unbranched alkanes of at least 4 members (excludes halogenated alkanes) is 4. The van der Waals surface area contributed by atoms with Gasteiger partial charge in [-0.25, -0.2) is 9.80 Å². The number of aromatic nitrogens is 4. The number of hydrazone groups is 1. The molecule has 3 rings (SSSR count). The van der Waals surface area contributed by atoms with E-state index in [1.165, 1.54) is 30.9 Å². The van der Waals surface area contributed by atoms with Gasteiger partial charge in [-0.15, -0.1) is 0 Å². The van der Waals surface area contributed by atoms with Crippen molar-refractivity contribution in [2.24, 2.45) is 19.2 Å². The second-order valence-corrected chi connectivity index (χ2v) is 6.75. The van der Waals surface area contributed by atoms with E-state index in [4.69, 9.17) is 0 Å². The van der Waals surface area contributed by atoms with Gasteiger partial charge < -0.3 is 0 Å². The summed E-state index contributed by atoms with van der Waals surface area (Å²) < 4.78 is 4.44. The molecule has 1 aliphatic rings. The Morgan fingerprint density at radius 2 is 1.76 bits per heavy atom. The maximum Gasteiger partial charge on any atom is 0.332 e. The number of aryl methyl sites for hydroxylation is 1. The van der Waals surface area contributed by atoms with Crippen LogP contribution in [0.4, 0.5) is 5.95 Å². The van der Waals surface area contributed by atoms with E-state index in [1.54, 1.807) is 7.05 Å². The number of fused-ring (bicyclic) bond motifs is 3. The van der Waals surface area contributed by atoms with Crippen LogP contribution in [0.1, 0.15) is 46.0 Å². The van der Waals surface area contributed by atoms with E-state index < -0.39 is 0 Å². The van der Waals surface area contributed by atoms with Gasteiger partial charge >= 0.3 is 5.69 Å². The van der Waals surface area contributed by atoms with E-state index in [-0.39, 0.29) is 11.2 Å². The van der Waals surface area contributed by atoms with Crippen molar-refractivity contribution in [2.45, 2.75) is 52.5 Å². The van der Waals surface area contributed by atoms with E-state index >= 15 is 0 Å². The van der Waals surface area contributed by atoms with Gasteiger partial charge in [-0.05, 0) is 13.3 Å². The SMILES string of the molecule is CCCCCCCN1N=C(C)Cn2c1nc1c2c(=O)n(C)c(=O)n1C. The van der Waals surface area contributed by atoms with Gasteiger partial charge in [0.2, 0.25) is 5.95 Å². The molecular weight excluding hydrogens is 320 g/mol. The fraction of sp³-hybridized carbons (Fsp3) is 0.647. The molecule has 0 N–H and O–H groups in total. The lowest BCUT2D eigenvalue weighted by Gasteiger charge is -2.24. The van der Waals surface area contributed by atoms with Gasteiger partial charge in [0.05, 0.1) is 12.3 Å². The molecule has 25 heavy (non-hydrogen) atoms. The molecule has 0 atom stereocenters. The van der Waals surface area contributed by atoms with E-state index in [0.29, 0.717) is 23.7 Å². The predicted molar refractivity (Wildman–Crippen MR) is 99.4 cm³/mol. The molecule has 0 aliphatic carbocycles. The van der Waals surface area contributed by atoms with E-state index in [2.05, 4.69) is 17.0 Å². The summed E-state index contributed by atoms with van der Waals surface area (Å²) in [6.07, 6.45) is 5.86. The van der Waals surface area contributed by atoms with Crippen LogP contribution in [-0.2, 0) is 20.6 Å². The third kappa shape index (κ3) is 3.01. The molecule has 1 aliphatic heterocycles. The van der Waals surface area contributed by atoms with E-state index in [9.17, 15) is 9.59 Å². The zero-order chi connectivity index (χ0) is 18.1. The summed E-state index contributed by atoms with van der Waals surface area (Å²) in [4.78, 5) is 29.4. The summed E-state index contributed by atoms with van der Waals surface area (Å²) in [6.45, 7) is 5.43. The molecule has 136 valence electrons. The van der Waals surface area contributed by atoms with Crippen LogP contribution < -0.4 is 16.3 Å². The van der Waals surface area contributed by atoms with Crippen LogP contribution in [0.5, 0.6) is 0 Å². The van der Waals surface area contributed by atoms with Crippen LogP contribution in [0.3, 0.4) is 0 Å². The molecule has 0 fully saturated rings. The van der Waals surface area contributed by atoms with E-state index in [1.807, 2.05) is 16.5 Å². The lowest BCUT2D eigenvalue weighted by Crippen LogP contribution is -2.38. The Hall–Kier alpha value is -2.38. The molecule has 2 aromatic heterocycles. The first-order chi connectivity index (χ1) is 12.0.